The molecule has 4 nitrogen and oxygen atoms in total. The van der Waals surface area contributed by atoms with Crippen LogP contribution in [0.5, 0.6) is 5.75 Å². The molecule has 2 heterocycles. The number of carbonyl (C=O) groups is 1. The third-order valence-corrected chi connectivity index (χ3v) is 4.94. The maximum atomic E-state index is 12.8. The number of rotatable bonds is 2. The lowest BCUT2D eigenvalue weighted by atomic mass is 10.00. The summed E-state index contributed by atoms with van der Waals surface area (Å²) in [6.07, 6.45) is 1.96. The summed E-state index contributed by atoms with van der Waals surface area (Å²) in [6.45, 7) is 2.59. The lowest BCUT2D eigenvalue weighted by Crippen LogP contribution is -2.28. The van der Waals surface area contributed by atoms with Gasteiger partial charge in [0.05, 0.1) is 12.1 Å². The molecule has 2 aromatic rings. The number of ether oxygens (including phenoxy) is 1. The summed E-state index contributed by atoms with van der Waals surface area (Å²) in [5.74, 6) is 0.882. The van der Waals surface area contributed by atoms with Crippen molar-refractivity contribution < 1.29 is 9.53 Å². The molecule has 2 aliphatic heterocycles. The molecule has 0 radical (unpaired) electrons. The van der Waals surface area contributed by atoms with Crippen molar-refractivity contribution >= 4 is 11.6 Å². The van der Waals surface area contributed by atoms with Crippen LogP contribution in [-0.2, 0) is 0 Å². The number of carbonyl (C=O) groups excluding carboxylic acids is 1. The van der Waals surface area contributed by atoms with E-state index in [1.807, 2.05) is 60.6 Å². The Balaban J connectivity index is 1.75. The number of benzene rings is 2. The molecule has 0 aromatic heterocycles. The predicted molar refractivity (Wildman–Crippen MR) is 93.6 cm³/mol. The summed E-state index contributed by atoms with van der Waals surface area (Å²) < 4.78 is 5.73. The number of nitrogens with zero attached hydrogens (tertiary/aromatic N) is 2. The van der Waals surface area contributed by atoms with E-state index in [2.05, 4.69) is 19.1 Å². The molecule has 0 saturated carbocycles. The highest BCUT2D eigenvalue weighted by Gasteiger charge is 2.41. The largest absolute Gasteiger partial charge is 0.488 e. The van der Waals surface area contributed by atoms with E-state index in [-0.39, 0.29) is 18.1 Å². The highest BCUT2D eigenvalue weighted by molar-refractivity contribution is 5.83. The zero-order valence-electron chi connectivity index (χ0n) is 13.8. The number of fused-ring (bicyclic) bond motifs is 1. The molecule has 24 heavy (non-hydrogen) atoms. The molecule has 2 atom stereocenters. The molecule has 0 bridgehead atoms. The van der Waals surface area contributed by atoms with Crippen molar-refractivity contribution in [1.29, 1.82) is 0 Å². The molecule has 4 rings (SSSR count). The lowest BCUT2D eigenvalue weighted by molar-refractivity contribution is 0.204. The van der Waals surface area contributed by atoms with Crippen LogP contribution in [0.2, 0.25) is 0 Å². The van der Waals surface area contributed by atoms with Crippen LogP contribution in [0.1, 0.15) is 24.1 Å². The molecule has 2 aromatic carbocycles. The Kier molecular flexibility index (Phi) is 3.53. The van der Waals surface area contributed by atoms with Crippen molar-refractivity contribution in [3.8, 4) is 5.75 Å². The first-order chi connectivity index (χ1) is 11.7. The zero-order chi connectivity index (χ0) is 16.7. The summed E-state index contributed by atoms with van der Waals surface area (Å²) in [7, 11) is 1.86. The van der Waals surface area contributed by atoms with Gasteiger partial charge in [0.15, 0.2) is 0 Å². The van der Waals surface area contributed by atoms with Crippen molar-refractivity contribution in [2.24, 2.45) is 0 Å². The van der Waals surface area contributed by atoms with Crippen molar-refractivity contribution in [2.75, 3.05) is 13.7 Å². The van der Waals surface area contributed by atoms with E-state index >= 15 is 0 Å². The van der Waals surface area contributed by atoms with Crippen molar-refractivity contribution in [3.05, 3.63) is 71.9 Å². The summed E-state index contributed by atoms with van der Waals surface area (Å²) in [5.41, 5.74) is 3.26. The van der Waals surface area contributed by atoms with Crippen LogP contribution in [0.3, 0.4) is 0 Å². The minimum absolute atomic E-state index is 0.00367. The van der Waals surface area contributed by atoms with Crippen LogP contribution in [0.25, 0.3) is 5.57 Å². The van der Waals surface area contributed by atoms with Crippen molar-refractivity contribution in [3.63, 3.8) is 0 Å². The third-order valence-electron chi connectivity index (χ3n) is 4.94. The molecular weight excluding hydrogens is 300 g/mol. The van der Waals surface area contributed by atoms with Gasteiger partial charge in [-0.15, -0.1) is 0 Å². The van der Waals surface area contributed by atoms with E-state index in [1.54, 1.807) is 4.90 Å². The van der Waals surface area contributed by atoms with Gasteiger partial charge in [-0.1, -0.05) is 48.5 Å². The molecule has 1 saturated heterocycles. The second-order valence-electron chi connectivity index (χ2n) is 6.34. The van der Waals surface area contributed by atoms with Gasteiger partial charge in [0, 0.05) is 24.4 Å². The second-order valence-corrected chi connectivity index (χ2v) is 6.34. The topological polar surface area (TPSA) is 32.8 Å². The van der Waals surface area contributed by atoms with Gasteiger partial charge in [-0.05, 0) is 18.6 Å². The average molecular weight is 320 g/mol. The third kappa shape index (κ3) is 2.26. The summed E-state index contributed by atoms with van der Waals surface area (Å²) in [6, 6.07) is 18.3. The normalized spacial score (nSPS) is 24.4. The molecule has 1 fully saturated rings. The number of hydrogen-bond donors (Lipinski definition) is 0. The first kappa shape index (κ1) is 14.8. The first-order valence-corrected chi connectivity index (χ1v) is 8.20. The fraction of sp³-hybridized carbons (Fsp3) is 0.250. The quantitative estimate of drug-likeness (QED) is 0.840. The molecule has 0 N–H and O–H groups in total. The molecule has 2 aliphatic rings. The van der Waals surface area contributed by atoms with Crippen LogP contribution in [0.15, 0.2) is 60.8 Å². The van der Waals surface area contributed by atoms with E-state index in [0.29, 0.717) is 6.61 Å². The Labute approximate surface area is 142 Å². The van der Waals surface area contributed by atoms with Crippen LogP contribution >= 0.6 is 0 Å². The van der Waals surface area contributed by atoms with Gasteiger partial charge >= 0.3 is 6.03 Å². The van der Waals surface area contributed by atoms with E-state index in [1.165, 1.54) is 0 Å². The van der Waals surface area contributed by atoms with Gasteiger partial charge in [-0.25, -0.2) is 4.79 Å². The van der Waals surface area contributed by atoms with Crippen LogP contribution < -0.4 is 4.74 Å². The van der Waals surface area contributed by atoms with Crippen LogP contribution in [-0.4, -0.2) is 35.5 Å². The molecule has 0 aliphatic carbocycles. The number of para-hydroxylation sites is 1. The Morgan fingerprint density at radius 2 is 1.79 bits per heavy atom. The molecule has 122 valence electrons. The second kappa shape index (κ2) is 5.71. The number of hydrogen-bond acceptors (Lipinski definition) is 2. The van der Waals surface area contributed by atoms with Crippen molar-refractivity contribution in [2.45, 2.75) is 19.0 Å². The fourth-order valence-electron chi connectivity index (χ4n) is 3.51. The summed E-state index contributed by atoms with van der Waals surface area (Å²) in [4.78, 5) is 16.4. The summed E-state index contributed by atoms with van der Waals surface area (Å²) in [5, 5.41) is 0. The van der Waals surface area contributed by atoms with E-state index in [4.69, 9.17) is 4.74 Å². The van der Waals surface area contributed by atoms with Gasteiger partial charge < -0.3 is 9.64 Å². The Bertz CT molecular complexity index is 800. The smallest absolute Gasteiger partial charge is 0.324 e. The Morgan fingerprint density at radius 1 is 1.08 bits per heavy atom. The van der Waals surface area contributed by atoms with Gasteiger partial charge in [-0.3, -0.25) is 4.90 Å². The number of amides is 2. The maximum Gasteiger partial charge on any atom is 0.324 e. The van der Waals surface area contributed by atoms with Crippen LogP contribution in [0, 0.1) is 0 Å². The highest BCUT2D eigenvalue weighted by Crippen LogP contribution is 2.38. The Morgan fingerprint density at radius 3 is 2.58 bits per heavy atom. The zero-order valence-corrected chi connectivity index (χ0v) is 13.8. The lowest BCUT2D eigenvalue weighted by Gasteiger charge is -2.23. The molecular formula is C20H20N2O2. The summed E-state index contributed by atoms with van der Waals surface area (Å²) >= 11 is 0. The number of urea groups is 1. The predicted octanol–water partition coefficient (Wildman–Crippen LogP) is 3.92. The van der Waals surface area contributed by atoms with Gasteiger partial charge in [0.25, 0.3) is 0 Å². The van der Waals surface area contributed by atoms with Crippen LogP contribution in [0.4, 0.5) is 4.79 Å². The first-order valence-electron chi connectivity index (χ1n) is 8.20. The molecule has 4 heteroatoms. The van der Waals surface area contributed by atoms with Gasteiger partial charge in [0.2, 0.25) is 0 Å². The molecule has 0 spiro atoms. The molecule has 2 amide bonds. The standard InChI is InChI=1S/C20H20N2O2/c1-14-19(15-8-4-3-5-9-15)22(20(23)21(14)2)12-16-13-24-18-11-7-6-10-17(16)18/h3-12,14,19H,13H2,1-2H3/b16-12-/t14-,19-/m0/s1. The Hall–Kier alpha value is -2.75. The average Bonchev–Trinajstić information content (AvgIpc) is 3.12. The minimum Gasteiger partial charge on any atom is -0.488 e. The number of likely N-dealkylation sites (N-methyl/N-ethyl adjacent to an activating group) is 1. The van der Waals surface area contributed by atoms with E-state index in [9.17, 15) is 4.79 Å². The SMILES string of the molecule is C[C@H]1[C@@H](c2ccccc2)N(/C=C2/COc3ccccc32)C(=O)N1C. The van der Waals surface area contributed by atoms with E-state index in [0.717, 1.165) is 22.4 Å². The van der Waals surface area contributed by atoms with Gasteiger partial charge in [0.1, 0.15) is 12.4 Å². The van der Waals surface area contributed by atoms with E-state index < -0.39 is 0 Å². The van der Waals surface area contributed by atoms with Gasteiger partial charge in [-0.2, -0.15) is 0 Å². The fourth-order valence-corrected chi connectivity index (χ4v) is 3.51. The highest BCUT2D eigenvalue weighted by atomic mass is 16.5. The maximum absolute atomic E-state index is 12.8. The van der Waals surface area contributed by atoms with Crippen molar-refractivity contribution in [1.82, 2.24) is 9.80 Å². The minimum atomic E-state index is 0.00367. The monoisotopic (exact) mass is 320 g/mol. The molecule has 0 unspecified atom stereocenters.